The molecule has 1 aliphatic rings. The van der Waals surface area contributed by atoms with E-state index in [-0.39, 0.29) is 11.9 Å². The molecular weight excluding hydrogens is 392 g/mol. The summed E-state index contributed by atoms with van der Waals surface area (Å²) in [6, 6.07) is 16.4. The molecule has 7 heteroatoms. The lowest BCUT2D eigenvalue weighted by Gasteiger charge is -2.32. The van der Waals surface area contributed by atoms with Gasteiger partial charge < -0.3 is 10.0 Å². The molecular formula is C21H20ClN4OS+. The minimum absolute atomic E-state index is 0.0733. The smallest absolute Gasteiger partial charge is 0.235 e. The van der Waals surface area contributed by atoms with Gasteiger partial charge in [-0.1, -0.05) is 65.4 Å². The summed E-state index contributed by atoms with van der Waals surface area (Å²) in [5.41, 5.74) is 3.79. The first-order valence-electron chi connectivity index (χ1n) is 9.32. The number of aromatic hydroxyl groups is 1. The van der Waals surface area contributed by atoms with Crippen LogP contribution in [0.3, 0.4) is 0 Å². The molecule has 0 fully saturated rings. The van der Waals surface area contributed by atoms with Crippen LogP contribution in [0.2, 0.25) is 5.02 Å². The molecule has 2 aromatic heterocycles. The quantitative estimate of drug-likeness (QED) is 0.544. The third-order valence-electron chi connectivity index (χ3n) is 5.44. The molecule has 0 amide bonds. The number of thiazole rings is 1. The number of nitrogens with one attached hydrogen (secondary N) is 1. The van der Waals surface area contributed by atoms with Crippen molar-refractivity contribution in [2.24, 2.45) is 0 Å². The minimum atomic E-state index is -0.0733. The molecule has 0 radical (unpaired) electrons. The Morgan fingerprint density at radius 3 is 2.68 bits per heavy atom. The summed E-state index contributed by atoms with van der Waals surface area (Å²) in [6.07, 6.45) is 1.01. The average Bonchev–Trinajstić information content (AvgIpc) is 3.21. The van der Waals surface area contributed by atoms with E-state index in [2.05, 4.69) is 40.4 Å². The van der Waals surface area contributed by atoms with Crippen molar-refractivity contribution in [1.29, 1.82) is 0 Å². The van der Waals surface area contributed by atoms with Crippen LogP contribution in [0.25, 0.3) is 4.96 Å². The van der Waals surface area contributed by atoms with Gasteiger partial charge in [-0.2, -0.15) is 4.52 Å². The van der Waals surface area contributed by atoms with Crippen LogP contribution in [0.4, 0.5) is 0 Å². The van der Waals surface area contributed by atoms with E-state index < -0.39 is 0 Å². The Labute approximate surface area is 171 Å². The number of aromatic nitrogens is 3. The normalized spacial score (nSPS) is 17.6. The number of halogens is 1. The molecule has 0 spiro atoms. The Balaban J connectivity index is 1.64. The van der Waals surface area contributed by atoms with E-state index in [1.54, 1.807) is 0 Å². The molecule has 1 aliphatic heterocycles. The third-order valence-corrected chi connectivity index (χ3v) is 6.87. The van der Waals surface area contributed by atoms with Gasteiger partial charge in [0.25, 0.3) is 0 Å². The number of aryl methyl sites for hydroxylation is 1. The highest BCUT2D eigenvalue weighted by atomic mass is 35.5. The maximum Gasteiger partial charge on any atom is 0.235 e. The first-order valence-corrected chi connectivity index (χ1v) is 10.5. The van der Waals surface area contributed by atoms with E-state index in [0.717, 1.165) is 30.0 Å². The van der Waals surface area contributed by atoms with E-state index in [1.807, 2.05) is 25.1 Å². The molecule has 3 heterocycles. The number of fused-ring (bicyclic) bond motifs is 2. The maximum absolute atomic E-state index is 11.0. The number of rotatable bonds is 3. The predicted octanol–water partition coefficient (Wildman–Crippen LogP) is 3.19. The van der Waals surface area contributed by atoms with Gasteiger partial charge in [0, 0.05) is 17.5 Å². The van der Waals surface area contributed by atoms with Gasteiger partial charge in [0.1, 0.15) is 17.2 Å². The summed E-state index contributed by atoms with van der Waals surface area (Å²) in [6.45, 7) is 3.69. The number of quaternary nitrogens is 1. The fraction of sp³-hybridized carbons (Fsp3) is 0.238. The fourth-order valence-electron chi connectivity index (χ4n) is 4.14. The Kier molecular flexibility index (Phi) is 4.34. The van der Waals surface area contributed by atoms with Gasteiger partial charge in [-0.15, -0.1) is 5.10 Å². The summed E-state index contributed by atoms with van der Waals surface area (Å²) < 4.78 is 1.54. The lowest BCUT2D eigenvalue weighted by molar-refractivity contribution is -0.940. The van der Waals surface area contributed by atoms with Gasteiger partial charge >= 0.3 is 0 Å². The van der Waals surface area contributed by atoms with Gasteiger partial charge in [0.2, 0.25) is 10.8 Å². The molecule has 0 bridgehead atoms. The Morgan fingerprint density at radius 2 is 1.89 bits per heavy atom. The van der Waals surface area contributed by atoms with E-state index in [1.165, 1.54) is 31.9 Å². The van der Waals surface area contributed by atoms with Gasteiger partial charge in [0.05, 0.1) is 11.6 Å². The zero-order chi connectivity index (χ0) is 19.3. The van der Waals surface area contributed by atoms with Crippen molar-refractivity contribution in [2.75, 3.05) is 6.54 Å². The highest BCUT2D eigenvalue weighted by molar-refractivity contribution is 7.17. The van der Waals surface area contributed by atoms with Crippen LogP contribution in [0, 0.1) is 6.92 Å². The summed E-state index contributed by atoms with van der Waals surface area (Å²) >= 11 is 8.10. The van der Waals surface area contributed by atoms with Crippen LogP contribution in [0.5, 0.6) is 5.88 Å². The Bertz CT molecular complexity index is 1170. The van der Waals surface area contributed by atoms with Crippen molar-refractivity contribution in [3.63, 3.8) is 0 Å². The maximum atomic E-state index is 11.0. The first kappa shape index (κ1) is 17.7. The zero-order valence-electron chi connectivity index (χ0n) is 15.4. The fourth-order valence-corrected chi connectivity index (χ4v) is 5.56. The molecule has 2 aromatic carbocycles. The van der Waals surface area contributed by atoms with Gasteiger partial charge in [0.15, 0.2) is 6.04 Å². The van der Waals surface area contributed by atoms with Crippen molar-refractivity contribution in [3.05, 3.63) is 80.9 Å². The number of hydrogen-bond donors (Lipinski definition) is 2. The second kappa shape index (κ2) is 6.88. The summed E-state index contributed by atoms with van der Waals surface area (Å²) in [7, 11) is 0. The van der Waals surface area contributed by atoms with E-state index in [4.69, 9.17) is 11.6 Å². The average molecular weight is 412 g/mol. The summed E-state index contributed by atoms with van der Waals surface area (Å²) in [4.78, 5) is 7.37. The zero-order valence-corrected chi connectivity index (χ0v) is 17.0. The molecule has 0 saturated heterocycles. The van der Waals surface area contributed by atoms with E-state index >= 15 is 0 Å². The lowest BCUT2D eigenvalue weighted by Crippen LogP contribution is -3.12. The van der Waals surface area contributed by atoms with E-state index in [0.29, 0.717) is 15.8 Å². The molecule has 2 N–H and O–H groups in total. The lowest BCUT2D eigenvalue weighted by atomic mass is 9.95. The molecule has 5 rings (SSSR count). The number of hydrogen-bond acceptors (Lipinski definition) is 4. The summed E-state index contributed by atoms with van der Waals surface area (Å²) in [5.74, 6) is 0.818. The van der Waals surface area contributed by atoms with Crippen LogP contribution >= 0.6 is 22.9 Å². The number of nitrogens with zero attached hydrogens (tertiary/aromatic N) is 3. The first-order chi connectivity index (χ1) is 13.6. The highest BCUT2D eigenvalue weighted by Gasteiger charge is 2.35. The second-order valence-corrected chi connectivity index (χ2v) is 8.62. The highest BCUT2D eigenvalue weighted by Crippen LogP contribution is 2.37. The van der Waals surface area contributed by atoms with Crippen LogP contribution in [0.1, 0.15) is 33.4 Å². The van der Waals surface area contributed by atoms with Gasteiger partial charge in [-0.25, -0.2) is 4.98 Å². The molecule has 1 unspecified atom stereocenters. The molecule has 2 atom stereocenters. The largest absolute Gasteiger partial charge is 0.492 e. The van der Waals surface area contributed by atoms with Crippen molar-refractivity contribution < 1.29 is 10.0 Å². The molecule has 142 valence electrons. The summed E-state index contributed by atoms with van der Waals surface area (Å²) in [5, 5.41) is 16.0. The van der Waals surface area contributed by atoms with Gasteiger partial charge in [-0.3, -0.25) is 0 Å². The van der Waals surface area contributed by atoms with Crippen LogP contribution < -0.4 is 4.90 Å². The van der Waals surface area contributed by atoms with E-state index in [9.17, 15) is 5.11 Å². The van der Waals surface area contributed by atoms with Crippen molar-refractivity contribution in [3.8, 4) is 5.88 Å². The number of benzene rings is 2. The molecule has 28 heavy (non-hydrogen) atoms. The SMILES string of the molecule is Cc1nc2sc([C@H](c3ccccc3Cl)[NH+]3CCc4ccccc4C3)c(O)n2n1. The van der Waals surface area contributed by atoms with Crippen molar-refractivity contribution in [2.45, 2.75) is 25.9 Å². The van der Waals surface area contributed by atoms with Gasteiger partial charge in [-0.05, 0) is 18.6 Å². The van der Waals surface area contributed by atoms with Crippen LogP contribution in [-0.2, 0) is 13.0 Å². The Hall–Kier alpha value is -2.41. The monoisotopic (exact) mass is 411 g/mol. The standard InChI is InChI=1S/C21H19ClN4OS/c1-13-23-21-26(24-13)20(27)19(28-21)18(16-8-4-5-9-17(16)22)25-11-10-14-6-2-3-7-15(14)12-25/h2-9,18,27H,10-12H2,1H3/p+1/t18-/m0/s1. The Morgan fingerprint density at radius 1 is 1.14 bits per heavy atom. The van der Waals surface area contributed by atoms with Crippen LogP contribution in [0.15, 0.2) is 48.5 Å². The second-order valence-electron chi connectivity index (χ2n) is 7.20. The minimum Gasteiger partial charge on any atom is -0.492 e. The van der Waals surface area contributed by atoms with Crippen molar-refractivity contribution >= 4 is 27.9 Å². The molecule has 4 aromatic rings. The topological polar surface area (TPSA) is 54.9 Å². The predicted molar refractivity (Wildman–Crippen MR) is 110 cm³/mol. The molecule has 0 aliphatic carbocycles. The molecule has 5 nitrogen and oxygen atoms in total. The third kappa shape index (κ3) is 2.89. The van der Waals surface area contributed by atoms with Crippen LogP contribution in [-0.4, -0.2) is 26.2 Å². The van der Waals surface area contributed by atoms with Crippen molar-refractivity contribution in [1.82, 2.24) is 14.6 Å². The molecule has 0 saturated carbocycles.